The highest BCUT2D eigenvalue weighted by Gasteiger charge is 2.27. The number of carbonyl (C=O) groups is 1. The molecule has 2 aliphatic rings. The molecule has 172 valence electrons. The summed E-state index contributed by atoms with van der Waals surface area (Å²) >= 11 is 0. The number of piperazine rings is 1. The zero-order valence-electron chi connectivity index (χ0n) is 19.4. The maximum absolute atomic E-state index is 13.1. The Balaban J connectivity index is 1.31. The molecule has 1 saturated heterocycles. The number of benzene rings is 2. The first kappa shape index (κ1) is 21.8. The highest BCUT2D eigenvalue weighted by molar-refractivity contribution is 5.94. The summed E-state index contributed by atoms with van der Waals surface area (Å²) in [5, 5.41) is 0. The van der Waals surface area contributed by atoms with Crippen molar-refractivity contribution in [2.45, 2.75) is 51.6 Å². The number of carbonyl (C=O) groups excluding carboxylic acids is 1. The predicted molar refractivity (Wildman–Crippen MR) is 131 cm³/mol. The average molecular weight is 445 g/mol. The second kappa shape index (κ2) is 9.48. The molecule has 0 spiro atoms. The molecule has 2 aromatic carbocycles. The molecule has 33 heavy (non-hydrogen) atoms. The molecule has 0 unspecified atom stereocenters. The molecule has 0 N–H and O–H groups in total. The van der Waals surface area contributed by atoms with Gasteiger partial charge in [-0.05, 0) is 44.0 Å². The predicted octanol–water partition coefficient (Wildman–Crippen LogP) is 4.17. The molecular weight excluding hydrogens is 412 g/mol. The number of aromatic nitrogens is 2. The largest absolute Gasteiger partial charge is 0.336 e. The van der Waals surface area contributed by atoms with Crippen molar-refractivity contribution in [1.82, 2.24) is 19.4 Å². The Hall–Kier alpha value is -2.99. The maximum Gasteiger partial charge on any atom is 0.277 e. The van der Waals surface area contributed by atoms with Crippen molar-refractivity contribution in [3.05, 3.63) is 64.4 Å². The first-order chi connectivity index (χ1) is 16.2. The second-order valence-corrected chi connectivity index (χ2v) is 9.20. The van der Waals surface area contributed by atoms with Gasteiger partial charge in [-0.1, -0.05) is 43.5 Å². The van der Waals surface area contributed by atoms with Gasteiger partial charge in [0.1, 0.15) is 5.69 Å². The fourth-order valence-corrected chi connectivity index (χ4v) is 5.38. The molecule has 1 aliphatic carbocycles. The number of hydrogen-bond acceptors (Lipinski definition) is 4. The van der Waals surface area contributed by atoms with E-state index in [1.807, 2.05) is 60.4 Å². The minimum absolute atomic E-state index is 0.0716. The summed E-state index contributed by atoms with van der Waals surface area (Å²) in [6.07, 6.45) is 6.65. The van der Waals surface area contributed by atoms with E-state index in [1.54, 1.807) is 4.57 Å². The summed E-state index contributed by atoms with van der Waals surface area (Å²) in [4.78, 5) is 35.3. The van der Waals surface area contributed by atoms with Crippen LogP contribution < -0.4 is 5.56 Å². The van der Waals surface area contributed by atoms with Crippen molar-refractivity contribution in [3.63, 3.8) is 0 Å². The SMILES string of the molecule is CCn1c(=O)c(-c2ccc(C(=O)N3CCN(C4CCCCC4)CC3)cc2)nc2ccccc21. The van der Waals surface area contributed by atoms with Gasteiger partial charge in [-0.2, -0.15) is 0 Å². The number of amides is 1. The second-order valence-electron chi connectivity index (χ2n) is 9.20. The van der Waals surface area contributed by atoms with Gasteiger partial charge in [0.25, 0.3) is 11.5 Å². The quantitative estimate of drug-likeness (QED) is 0.606. The zero-order chi connectivity index (χ0) is 22.8. The number of hydrogen-bond donors (Lipinski definition) is 0. The van der Waals surface area contributed by atoms with E-state index in [0.29, 0.717) is 23.8 Å². The lowest BCUT2D eigenvalue weighted by molar-refractivity contribution is 0.0523. The van der Waals surface area contributed by atoms with Crippen LogP contribution in [0.3, 0.4) is 0 Å². The summed E-state index contributed by atoms with van der Waals surface area (Å²) < 4.78 is 1.75. The number of aryl methyl sites for hydroxylation is 1. The van der Waals surface area contributed by atoms with E-state index in [1.165, 1.54) is 32.1 Å². The third-order valence-corrected chi connectivity index (χ3v) is 7.27. The highest BCUT2D eigenvalue weighted by Crippen LogP contribution is 2.24. The van der Waals surface area contributed by atoms with Gasteiger partial charge in [0, 0.05) is 49.9 Å². The Bertz CT molecular complexity index is 1190. The van der Waals surface area contributed by atoms with Crippen molar-refractivity contribution in [2.75, 3.05) is 26.2 Å². The number of nitrogens with zero attached hydrogens (tertiary/aromatic N) is 4. The van der Waals surface area contributed by atoms with E-state index in [9.17, 15) is 9.59 Å². The molecule has 2 fully saturated rings. The van der Waals surface area contributed by atoms with Crippen LogP contribution in [-0.4, -0.2) is 57.5 Å². The van der Waals surface area contributed by atoms with E-state index in [0.717, 1.165) is 42.8 Å². The molecule has 2 heterocycles. The van der Waals surface area contributed by atoms with Crippen LogP contribution in [0.1, 0.15) is 49.4 Å². The normalized spacial score (nSPS) is 18.0. The Morgan fingerprint density at radius 2 is 1.64 bits per heavy atom. The topological polar surface area (TPSA) is 58.4 Å². The van der Waals surface area contributed by atoms with E-state index in [4.69, 9.17) is 0 Å². The fraction of sp³-hybridized carbons (Fsp3) is 0.444. The van der Waals surface area contributed by atoms with Crippen LogP contribution in [0.2, 0.25) is 0 Å². The van der Waals surface area contributed by atoms with E-state index >= 15 is 0 Å². The summed E-state index contributed by atoms with van der Waals surface area (Å²) in [7, 11) is 0. The molecule has 1 aromatic heterocycles. The number of fused-ring (bicyclic) bond motifs is 1. The smallest absolute Gasteiger partial charge is 0.277 e. The lowest BCUT2D eigenvalue weighted by Crippen LogP contribution is -2.52. The van der Waals surface area contributed by atoms with Crippen LogP contribution in [-0.2, 0) is 6.54 Å². The van der Waals surface area contributed by atoms with Crippen molar-refractivity contribution >= 4 is 16.9 Å². The molecule has 1 aliphatic heterocycles. The van der Waals surface area contributed by atoms with E-state index in [2.05, 4.69) is 9.88 Å². The summed E-state index contributed by atoms with van der Waals surface area (Å²) in [6, 6.07) is 15.8. The van der Waals surface area contributed by atoms with Crippen LogP contribution in [0.4, 0.5) is 0 Å². The van der Waals surface area contributed by atoms with Crippen LogP contribution >= 0.6 is 0 Å². The number of para-hydroxylation sites is 2. The van der Waals surface area contributed by atoms with Crippen molar-refractivity contribution in [2.24, 2.45) is 0 Å². The minimum Gasteiger partial charge on any atom is -0.336 e. The first-order valence-electron chi connectivity index (χ1n) is 12.3. The van der Waals surface area contributed by atoms with Crippen LogP contribution in [0, 0.1) is 0 Å². The van der Waals surface area contributed by atoms with Gasteiger partial charge in [-0.15, -0.1) is 0 Å². The first-order valence-corrected chi connectivity index (χ1v) is 12.3. The minimum atomic E-state index is -0.103. The molecule has 5 rings (SSSR count). The van der Waals surface area contributed by atoms with Crippen molar-refractivity contribution in [1.29, 1.82) is 0 Å². The molecule has 1 saturated carbocycles. The van der Waals surface area contributed by atoms with Gasteiger partial charge < -0.3 is 9.47 Å². The fourth-order valence-electron chi connectivity index (χ4n) is 5.38. The molecule has 0 radical (unpaired) electrons. The molecule has 3 aromatic rings. The average Bonchev–Trinajstić information content (AvgIpc) is 2.89. The van der Waals surface area contributed by atoms with Gasteiger partial charge in [0.2, 0.25) is 0 Å². The molecule has 0 atom stereocenters. The Morgan fingerprint density at radius 3 is 2.33 bits per heavy atom. The highest BCUT2D eigenvalue weighted by atomic mass is 16.2. The van der Waals surface area contributed by atoms with Gasteiger partial charge in [0.15, 0.2) is 0 Å². The third-order valence-electron chi connectivity index (χ3n) is 7.27. The summed E-state index contributed by atoms with van der Waals surface area (Å²) in [5.74, 6) is 0.0716. The number of rotatable bonds is 4. The van der Waals surface area contributed by atoms with Crippen molar-refractivity contribution in [3.8, 4) is 11.3 Å². The third kappa shape index (κ3) is 4.32. The van der Waals surface area contributed by atoms with Gasteiger partial charge in [-0.25, -0.2) is 4.98 Å². The van der Waals surface area contributed by atoms with Crippen molar-refractivity contribution < 1.29 is 4.79 Å². The molecule has 6 heteroatoms. The van der Waals surface area contributed by atoms with Gasteiger partial charge in [-0.3, -0.25) is 14.5 Å². The summed E-state index contributed by atoms with van der Waals surface area (Å²) in [5.41, 5.74) is 3.37. The molecular formula is C27H32N4O2. The lowest BCUT2D eigenvalue weighted by Gasteiger charge is -2.40. The van der Waals surface area contributed by atoms with Crippen LogP contribution in [0.15, 0.2) is 53.3 Å². The Kier molecular flexibility index (Phi) is 6.27. The Morgan fingerprint density at radius 1 is 0.939 bits per heavy atom. The molecule has 0 bridgehead atoms. The monoisotopic (exact) mass is 444 g/mol. The van der Waals surface area contributed by atoms with Gasteiger partial charge >= 0.3 is 0 Å². The summed E-state index contributed by atoms with van der Waals surface area (Å²) in [6.45, 7) is 6.04. The Labute approximate surface area is 194 Å². The molecule has 6 nitrogen and oxygen atoms in total. The van der Waals surface area contributed by atoms with Crippen LogP contribution in [0.5, 0.6) is 0 Å². The molecule has 1 amide bonds. The van der Waals surface area contributed by atoms with E-state index in [-0.39, 0.29) is 11.5 Å². The van der Waals surface area contributed by atoms with E-state index < -0.39 is 0 Å². The van der Waals surface area contributed by atoms with Gasteiger partial charge in [0.05, 0.1) is 11.0 Å². The van der Waals surface area contributed by atoms with Crippen LogP contribution in [0.25, 0.3) is 22.3 Å². The maximum atomic E-state index is 13.1. The zero-order valence-corrected chi connectivity index (χ0v) is 19.4. The lowest BCUT2D eigenvalue weighted by atomic mass is 9.94. The standard InChI is InChI=1S/C27H32N4O2/c1-2-31-24-11-7-6-10-23(24)28-25(27(31)33)20-12-14-21(15-13-20)26(32)30-18-16-29(17-19-30)22-8-4-3-5-9-22/h6-7,10-15,22H,2-5,8-9,16-19H2,1H3.